The lowest BCUT2D eigenvalue weighted by molar-refractivity contribution is -0.138. The van der Waals surface area contributed by atoms with E-state index in [0.717, 1.165) is 29.3 Å². The molecule has 60 heavy (non-hydrogen) atoms. The van der Waals surface area contributed by atoms with Crippen molar-refractivity contribution in [2.45, 2.75) is 98.9 Å². The molecule has 0 aliphatic carbocycles. The Hall–Kier alpha value is -3.88. The van der Waals surface area contributed by atoms with Gasteiger partial charge in [0.25, 0.3) is 11.8 Å². The standard InChI is InChI=1S/C21H25F3N2O3S2.C19H21F3N2O3S2/c1-13-18(30-14(2)25-13)19(27)26-10-8-15(9-11-26)20(3,4)31(28,29)17-7-5-6-16(12-17)21(22,23)24;1-18(2,29(26,27)15-5-3-4-14(10-15)19(20,21)22)13-6-8-24(9-7-13)17(25)16-11-28-12-23-16/h5-7,12,15H,8-11H2,1-4H3;3-5,10-13H,6-9H2,1-2H3. The number of aryl methyl sites for hydroxylation is 2. The number of alkyl halides is 6. The largest absolute Gasteiger partial charge is 0.416 e. The van der Waals surface area contributed by atoms with Gasteiger partial charge in [0.15, 0.2) is 19.7 Å². The van der Waals surface area contributed by atoms with Gasteiger partial charge in [-0.25, -0.2) is 26.8 Å². The molecule has 6 rings (SSSR count). The number of aromatic nitrogens is 2. The van der Waals surface area contributed by atoms with Crippen LogP contribution in [0.4, 0.5) is 26.3 Å². The smallest absolute Gasteiger partial charge is 0.338 e. The predicted octanol–water partition coefficient (Wildman–Crippen LogP) is 9.15. The molecule has 0 unspecified atom stereocenters. The van der Waals surface area contributed by atoms with E-state index in [1.165, 1.54) is 34.8 Å². The van der Waals surface area contributed by atoms with E-state index >= 15 is 0 Å². The number of sulfone groups is 2. The maximum atomic E-state index is 13.3. The number of likely N-dealkylation sites (tertiary alicyclic amines) is 2. The van der Waals surface area contributed by atoms with Crippen LogP contribution < -0.4 is 0 Å². The highest BCUT2D eigenvalue weighted by molar-refractivity contribution is 7.93. The summed E-state index contributed by atoms with van der Waals surface area (Å²) in [5.74, 6) is -0.884. The zero-order chi connectivity index (χ0) is 44.6. The number of benzene rings is 2. The second kappa shape index (κ2) is 17.5. The van der Waals surface area contributed by atoms with Gasteiger partial charge in [-0.05, 0) is 115 Å². The minimum Gasteiger partial charge on any atom is -0.338 e. The fourth-order valence-electron chi connectivity index (χ4n) is 7.63. The van der Waals surface area contributed by atoms with Crippen molar-refractivity contribution in [2.24, 2.45) is 11.8 Å². The summed E-state index contributed by atoms with van der Waals surface area (Å²) in [6.45, 7) is 11.4. The van der Waals surface area contributed by atoms with E-state index < -0.39 is 52.6 Å². The zero-order valence-corrected chi connectivity index (χ0v) is 37.0. The Morgan fingerprint density at radius 1 is 0.683 bits per heavy atom. The van der Waals surface area contributed by atoms with Crippen molar-refractivity contribution in [3.8, 4) is 0 Å². The number of thiazole rings is 2. The minimum absolute atomic E-state index is 0.111. The van der Waals surface area contributed by atoms with Crippen molar-refractivity contribution < 1.29 is 52.8 Å². The Balaban J connectivity index is 0.000000228. The van der Waals surface area contributed by atoms with Gasteiger partial charge in [-0.2, -0.15) is 26.3 Å². The number of piperidine rings is 2. The summed E-state index contributed by atoms with van der Waals surface area (Å²) in [5, 5.41) is 2.47. The van der Waals surface area contributed by atoms with Crippen molar-refractivity contribution in [1.29, 1.82) is 0 Å². The van der Waals surface area contributed by atoms with Gasteiger partial charge in [0.2, 0.25) is 0 Å². The van der Waals surface area contributed by atoms with Crippen LogP contribution in [-0.4, -0.2) is 84.1 Å². The first-order valence-corrected chi connectivity index (χ1v) is 23.7. The Kier molecular flexibility index (Phi) is 13.7. The number of hydrogen-bond donors (Lipinski definition) is 0. The molecule has 0 radical (unpaired) electrons. The van der Waals surface area contributed by atoms with Crippen LogP contribution in [0.2, 0.25) is 0 Å². The van der Waals surface area contributed by atoms with Crippen LogP contribution in [0.25, 0.3) is 0 Å². The third-order valence-corrected chi connectivity index (χ3v) is 18.4. The van der Waals surface area contributed by atoms with Crippen LogP contribution in [0.5, 0.6) is 0 Å². The van der Waals surface area contributed by atoms with E-state index in [2.05, 4.69) is 9.97 Å². The summed E-state index contributed by atoms with van der Waals surface area (Å²) >= 11 is 2.66. The third-order valence-electron chi connectivity index (χ3n) is 11.6. The van der Waals surface area contributed by atoms with Gasteiger partial charge in [0, 0.05) is 31.6 Å². The number of rotatable bonds is 8. The Labute approximate surface area is 353 Å². The summed E-state index contributed by atoms with van der Waals surface area (Å²) in [4.78, 5) is 36.8. The first-order chi connectivity index (χ1) is 27.7. The van der Waals surface area contributed by atoms with Gasteiger partial charge >= 0.3 is 12.4 Å². The molecule has 0 bridgehead atoms. The Morgan fingerprint density at radius 2 is 1.10 bits per heavy atom. The second-order valence-electron chi connectivity index (χ2n) is 15.9. The van der Waals surface area contributed by atoms with Gasteiger partial charge < -0.3 is 9.80 Å². The van der Waals surface area contributed by atoms with Crippen LogP contribution in [0, 0.1) is 25.7 Å². The van der Waals surface area contributed by atoms with Crippen LogP contribution in [0.1, 0.15) is 95.4 Å². The van der Waals surface area contributed by atoms with Gasteiger partial charge in [0.05, 0.1) is 46.6 Å². The van der Waals surface area contributed by atoms with Crippen molar-refractivity contribution in [2.75, 3.05) is 26.2 Å². The highest BCUT2D eigenvalue weighted by Gasteiger charge is 2.47. The SMILES string of the molecule is CC(C)(C1CCN(C(=O)c2cscn2)CC1)S(=O)(=O)c1cccc(C(F)(F)F)c1.Cc1nc(C)c(C(=O)N2CCC(C(C)(C)S(=O)(=O)c3cccc(C(F)(F)F)c3)CC2)s1. The molecule has 4 aromatic rings. The molecule has 2 amide bonds. The summed E-state index contributed by atoms with van der Waals surface area (Å²) in [6, 6.07) is 7.75. The molecule has 2 aliphatic rings. The van der Waals surface area contributed by atoms with E-state index in [1.807, 2.05) is 6.92 Å². The van der Waals surface area contributed by atoms with Crippen molar-refractivity contribution in [1.82, 2.24) is 19.8 Å². The number of amides is 2. The fraction of sp³-hybridized carbons (Fsp3) is 0.500. The van der Waals surface area contributed by atoms with Crippen LogP contribution in [0.3, 0.4) is 0 Å². The molecule has 4 heterocycles. The molecule has 0 spiro atoms. The Morgan fingerprint density at radius 3 is 1.45 bits per heavy atom. The molecule has 0 atom stereocenters. The third kappa shape index (κ3) is 9.75. The molecule has 0 saturated carbocycles. The molecule has 2 aliphatic heterocycles. The summed E-state index contributed by atoms with van der Waals surface area (Å²) in [6.07, 6.45) is -7.44. The van der Waals surface area contributed by atoms with Crippen LogP contribution in [0.15, 0.2) is 69.2 Å². The number of hydrogen-bond acceptors (Lipinski definition) is 10. The number of halogens is 6. The maximum Gasteiger partial charge on any atom is 0.416 e. The summed E-state index contributed by atoms with van der Waals surface area (Å²) in [7, 11) is -8.04. The number of nitrogens with zero attached hydrogens (tertiary/aromatic N) is 4. The molecule has 10 nitrogen and oxygen atoms in total. The molecule has 20 heteroatoms. The van der Waals surface area contributed by atoms with E-state index in [0.29, 0.717) is 80.3 Å². The van der Waals surface area contributed by atoms with Crippen molar-refractivity contribution >= 4 is 54.2 Å². The van der Waals surface area contributed by atoms with E-state index in [9.17, 15) is 52.8 Å². The lowest BCUT2D eigenvalue weighted by atomic mass is 9.86. The average molecular weight is 921 g/mol. The minimum atomic E-state index is -4.62. The summed E-state index contributed by atoms with van der Waals surface area (Å²) < 4.78 is 129. The van der Waals surface area contributed by atoms with Crippen molar-refractivity contribution in [3.05, 3.63) is 91.8 Å². The van der Waals surface area contributed by atoms with Crippen LogP contribution in [-0.2, 0) is 32.0 Å². The van der Waals surface area contributed by atoms with Gasteiger partial charge in [0.1, 0.15) is 10.6 Å². The lowest BCUT2D eigenvalue weighted by Crippen LogP contribution is -2.47. The van der Waals surface area contributed by atoms with Gasteiger partial charge in [-0.3, -0.25) is 9.59 Å². The molecule has 0 N–H and O–H groups in total. The van der Waals surface area contributed by atoms with Crippen molar-refractivity contribution in [3.63, 3.8) is 0 Å². The van der Waals surface area contributed by atoms with Crippen LogP contribution >= 0.6 is 22.7 Å². The summed E-state index contributed by atoms with van der Waals surface area (Å²) in [5.41, 5.74) is 0.648. The quantitative estimate of drug-likeness (QED) is 0.160. The molecule has 2 aromatic heterocycles. The zero-order valence-electron chi connectivity index (χ0n) is 33.7. The average Bonchev–Trinajstić information content (AvgIpc) is 3.86. The number of carbonyl (C=O) groups excluding carboxylic acids is 2. The number of carbonyl (C=O) groups is 2. The first kappa shape index (κ1) is 47.2. The lowest BCUT2D eigenvalue weighted by Gasteiger charge is -2.40. The molecular formula is C40H46F6N4O6S4. The monoisotopic (exact) mass is 920 g/mol. The molecule has 2 aromatic carbocycles. The first-order valence-electron chi connectivity index (χ1n) is 18.9. The topological polar surface area (TPSA) is 135 Å². The molecule has 2 saturated heterocycles. The van der Waals surface area contributed by atoms with E-state index in [4.69, 9.17) is 0 Å². The Bertz CT molecular complexity index is 2400. The normalized spacial score (nSPS) is 16.7. The van der Waals surface area contributed by atoms with Gasteiger partial charge in [-0.15, -0.1) is 22.7 Å². The van der Waals surface area contributed by atoms with E-state index in [1.54, 1.807) is 55.3 Å². The molecular weight excluding hydrogens is 875 g/mol. The predicted molar refractivity (Wildman–Crippen MR) is 216 cm³/mol. The molecule has 2 fully saturated rings. The highest BCUT2D eigenvalue weighted by Crippen LogP contribution is 2.41. The maximum absolute atomic E-state index is 13.3. The highest BCUT2D eigenvalue weighted by atomic mass is 32.2. The van der Waals surface area contributed by atoms with E-state index in [-0.39, 0.29) is 33.4 Å². The second-order valence-corrected chi connectivity index (χ2v) is 22.9. The van der Waals surface area contributed by atoms with Gasteiger partial charge in [-0.1, -0.05) is 12.1 Å². The molecule has 328 valence electrons. The fourth-order valence-corrected chi connectivity index (χ4v) is 12.7.